The van der Waals surface area contributed by atoms with Gasteiger partial charge in [0.2, 0.25) is 5.91 Å². The maximum absolute atomic E-state index is 12.5. The van der Waals surface area contributed by atoms with Gasteiger partial charge in [0, 0.05) is 0 Å². The molecule has 0 aliphatic heterocycles. The van der Waals surface area contributed by atoms with E-state index in [1.54, 1.807) is 24.3 Å². The summed E-state index contributed by atoms with van der Waals surface area (Å²) in [5.74, 6) is -2.69. The van der Waals surface area contributed by atoms with Crippen molar-refractivity contribution in [1.29, 1.82) is 0 Å². The van der Waals surface area contributed by atoms with Crippen molar-refractivity contribution in [3.8, 4) is 0 Å². The molecule has 1 aliphatic rings. The van der Waals surface area contributed by atoms with Crippen LogP contribution in [-0.2, 0) is 26.2 Å². The minimum absolute atomic E-state index is 0.421. The van der Waals surface area contributed by atoms with Crippen LogP contribution < -0.4 is 11.5 Å². The minimum Gasteiger partial charge on any atom is -0.481 e. The van der Waals surface area contributed by atoms with Crippen LogP contribution in [0.5, 0.6) is 0 Å². The maximum Gasteiger partial charge on any atom is 0.305 e. The second kappa shape index (κ2) is 5.05. The van der Waals surface area contributed by atoms with Crippen molar-refractivity contribution < 1.29 is 19.5 Å². The smallest absolute Gasteiger partial charge is 0.305 e. The first-order valence-corrected chi connectivity index (χ1v) is 6.14. The number of nitrogens with two attached hydrogens (primary N) is 2. The van der Waals surface area contributed by atoms with Gasteiger partial charge < -0.3 is 16.6 Å². The van der Waals surface area contributed by atoms with Crippen LogP contribution in [0, 0.1) is 6.42 Å². The normalized spacial score (nSPS) is 22.1. The number of aliphatic carboxylic acids is 1. The molecule has 0 fully saturated rings. The number of carbonyl (C=O) groups is 3. The molecule has 5 N–H and O–H groups in total. The number of carboxylic acids is 1. The molecule has 0 saturated heterocycles. The lowest BCUT2D eigenvalue weighted by Crippen LogP contribution is -2.53. The highest BCUT2D eigenvalue weighted by molar-refractivity contribution is 6.16. The number of ketones is 1. The summed E-state index contributed by atoms with van der Waals surface area (Å²) in [6, 6.07) is 5.67. The summed E-state index contributed by atoms with van der Waals surface area (Å²) in [6.07, 6.45) is 1.40. The van der Waals surface area contributed by atoms with Crippen LogP contribution in [0.3, 0.4) is 0 Å². The molecule has 0 saturated carbocycles. The second-order valence-corrected chi connectivity index (χ2v) is 4.81. The fourth-order valence-electron chi connectivity index (χ4n) is 2.62. The van der Waals surface area contributed by atoms with Gasteiger partial charge >= 0.3 is 5.97 Å². The van der Waals surface area contributed by atoms with E-state index in [2.05, 4.69) is 0 Å². The highest BCUT2D eigenvalue weighted by Crippen LogP contribution is 2.39. The van der Waals surface area contributed by atoms with Crippen molar-refractivity contribution in [2.45, 2.75) is 24.3 Å². The predicted octanol–water partition coefficient (Wildman–Crippen LogP) is -0.459. The molecule has 6 heteroatoms. The van der Waals surface area contributed by atoms with E-state index in [9.17, 15) is 14.4 Å². The molecule has 6 nitrogen and oxygen atoms in total. The van der Waals surface area contributed by atoms with Crippen LogP contribution in [0.2, 0.25) is 0 Å². The van der Waals surface area contributed by atoms with E-state index in [-0.39, 0.29) is 0 Å². The van der Waals surface area contributed by atoms with Crippen LogP contribution in [-0.4, -0.2) is 28.8 Å². The topological polar surface area (TPSA) is 123 Å². The Morgan fingerprint density at radius 2 is 1.95 bits per heavy atom. The quantitative estimate of drug-likeness (QED) is 0.627. The molecule has 1 unspecified atom stereocenters. The van der Waals surface area contributed by atoms with Gasteiger partial charge in [-0.05, 0) is 24.0 Å². The largest absolute Gasteiger partial charge is 0.481 e. The van der Waals surface area contributed by atoms with E-state index in [0.29, 0.717) is 12.0 Å². The van der Waals surface area contributed by atoms with Gasteiger partial charge in [0.25, 0.3) is 0 Å². The zero-order valence-electron chi connectivity index (χ0n) is 10.7. The van der Waals surface area contributed by atoms with Crippen molar-refractivity contribution in [2.24, 2.45) is 11.5 Å². The lowest BCUT2D eigenvalue weighted by atomic mass is 9.74. The first kappa shape index (κ1) is 14.2. The Kier molecular flexibility index (Phi) is 3.59. The van der Waals surface area contributed by atoms with Gasteiger partial charge in [-0.3, -0.25) is 14.4 Å². The summed E-state index contributed by atoms with van der Waals surface area (Å²) in [6.45, 7) is 0. The third-order valence-corrected chi connectivity index (χ3v) is 3.58. The van der Waals surface area contributed by atoms with E-state index in [1.807, 2.05) is 0 Å². The molecule has 1 amide bonds. The molecule has 1 radical (unpaired) electrons. The molecule has 1 aromatic carbocycles. The summed E-state index contributed by atoms with van der Waals surface area (Å²) in [5.41, 5.74) is 10.7. The highest BCUT2D eigenvalue weighted by Gasteiger charge is 2.51. The van der Waals surface area contributed by atoms with Gasteiger partial charge in [-0.2, -0.15) is 0 Å². The van der Waals surface area contributed by atoms with Crippen molar-refractivity contribution in [1.82, 2.24) is 0 Å². The van der Waals surface area contributed by atoms with E-state index < -0.39 is 35.5 Å². The fraction of sp³-hybridized carbons (Fsp3) is 0.286. The minimum atomic E-state index is -1.62. The Morgan fingerprint density at radius 3 is 2.55 bits per heavy atom. The van der Waals surface area contributed by atoms with E-state index in [4.69, 9.17) is 16.6 Å². The lowest BCUT2D eigenvalue weighted by Gasteiger charge is -2.27. The molecule has 1 aliphatic carbocycles. The molecule has 0 aromatic heterocycles. The second-order valence-electron chi connectivity index (χ2n) is 4.81. The number of hydrogen-bond acceptors (Lipinski definition) is 4. The van der Waals surface area contributed by atoms with Gasteiger partial charge in [-0.25, -0.2) is 0 Å². The summed E-state index contributed by atoms with van der Waals surface area (Å²) in [4.78, 5) is 35.1. The Morgan fingerprint density at radius 1 is 1.30 bits per heavy atom. The van der Waals surface area contributed by atoms with E-state index in [1.165, 1.54) is 6.42 Å². The monoisotopic (exact) mass is 275 g/mol. The van der Waals surface area contributed by atoms with Gasteiger partial charge in [-0.1, -0.05) is 24.3 Å². The van der Waals surface area contributed by atoms with E-state index in [0.717, 1.165) is 5.56 Å². The number of hydrogen-bond donors (Lipinski definition) is 3. The Labute approximate surface area is 115 Å². The number of carbonyl (C=O) groups excluding carboxylic acids is 2. The Balaban J connectivity index is 2.46. The summed E-state index contributed by atoms with van der Waals surface area (Å²) < 4.78 is 0. The van der Waals surface area contributed by atoms with Crippen LogP contribution in [0.1, 0.15) is 17.5 Å². The molecule has 0 spiro atoms. The fourth-order valence-corrected chi connectivity index (χ4v) is 2.62. The number of Topliss-reactive ketones (excluding diaryl/α,β-unsaturated/α-hetero) is 1. The lowest BCUT2D eigenvalue weighted by molar-refractivity contribution is -0.141. The number of carboxylic acid groups (broad SMARTS) is 1. The maximum atomic E-state index is 12.5. The van der Waals surface area contributed by atoms with Crippen molar-refractivity contribution in [2.75, 3.05) is 0 Å². The molecule has 0 heterocycles. The first-order chi connectivity index (χ1) is 9.39. The van der Waals surface area contributed by atoms with E-state index >= 15 is 0 Å². The Hall–Kier alpha value is -2.21. The molecule has 0 bridgehead atoms. The molecular formula is C14H15N2O4. The number of rotatable bonds is 5. The van der Waals surface area contributed by atoms with Crippen molar-refractivity contribution in [3.63, 3.8) is 0 Å². The van der Waals surface area contributed by atoms with Gasteiger partial charge in [0.05, 0.1) is 12.5 Å². The molecule has 2 rings (SSSR count). The van der Waals surface area contributed by atoms with Gasteiger partial charge in [0.15, 0.2) is 5.78 Å². The molecule has 105 valence electrons. The van der Waals surface area contributed by atoms with Crippen LogP contribution >= 0.6 is 0 Å². The van der Waals surface area contributed by atoms with Crippen LogP contribution in [0.15, 0.2) is 24.3 Å². The van der Waals surface area contributed by atoms with Gasteiger partial charge in [-0.15, -0.1) is 0 Å². The molecule has 1 aromatic rings. The van der Waals surface area contributed by atoms with Crippen molar-refractivity contribution in [3.05, 3.63) is 41.8 Å². The highest BCUT2D eigenvalue weighted by atomic mass is 16.4. The molecule has 20 heavy (non-hydrogen) atoms. The third-order valence-electron chi connectivity index (χ3n) is 3.58. The van der Waals surface area contributed by atoms with Gasteiger partial charge in [0.1, 0.15) is 5.41 Å². The first-order valence-electron chi connectivity index (χ1n) is 6.14. The molecular weight excluding hydrogens is 260 g/mol. The summed E-state index contributed by atoms with van der Waals surface area (Å²) >= 11 is 0. The number of benzene rings is 1. The van der Waals surface area contributed by atoms with Crippen LogP contribution in [0.4, 0.5) is 0 Å². The third kappa shape index (κ3) is 2.08. The Bertz CT molecular complexity index is 584. The number of primary amides is 1. The summed E-state index contributed by atoms with van der Waals surface area (Å²) in [7, 11) is 0. The zero-order chi connectivity index (χ0) is 14.9. The predicted molar refractivity (Wildman–Crippen MR) is 70.6 cm³/mol. The molecule has 2 atom stereocenters. The van der Waals surface area contributed by atoms with Crippen molar-refractivity contribution >= 4 is 17.7 Å². The SMILES string of the molecule is NC(=O)C1(C(=O)[C@@H](N)CC(=O)O)[CH]Cc2ccccc21. The average Bonchev–Trinajstić information content (AvgIpc) is 2.77. The summed E-state index contributed by atoms with van der Waals surface area (Å²) in [5, 5.41) is 8.73. The average molecular weight is 275 g/mol. The number of fused-ring (bicyclic) bond motifs is 1. The zero-order valence-corrected chi connectivity index (χ0v) is 10.7. The number of amides is 1. The standard InChI is InChI=1S/C14H15N2O4/c15-10(7-11(17)18)12(19)14(13(16)20)6-5-8-3-1-2-4-9(8)14/h1-4,6,10H,5,7,15H2,(H2,16,20)(H,17,18)/t10-,14?/m0/s1. The van der Waals surface area contributed by atoms with Crippen LogP contribution in [0.25, 0.3) is 0 Å².